The minimum atomic E-state index is -0.317. The summed E-state index contributed by atoms with van der Waals surface area (Å²) in [4.78, 5) is 11.6. The van der Waals surface area contributed by atoms with Crippen LogP contribution in [-0.2, 0) is 9.53 Å². The monoisotopic (exact) mass is 224 g/mol. The van der Waals surface area contributed by atoms with Crippen LogP contribution in [0.3, 0.4) is 0 Å². The molecule has 1 aliphatic rings. The average Bonchev–Trinajstić information content (AvgIpc) is 2.21. The maximum absolute atomic E-state index is 11.6. The van der Waals surface area contributed by atoms with Crippen molar-refractivity contribution in [2.75, 3.05) is 0 Å². The molecule has 1 saturated carbocycles. The number of esters is 1. The molecular weight excluding hydrogens is 200 g/mol. The van der Waals surface area contributed by atoms with Crippen molar-refractivity contribution in [3.8, 4) is 0 Å². The third-order valence-corrected chi connectivity index (χ3v) is 4.42. The lowest BCUT2D eigenvalue weighted by atomic mass is 9.67. The molecular formula is C14H24O2. The molecule has 0 saturated heterocycles. The van der Waals surface area contributed by atoms with Crippen LogP contribution in [0.15, 0.2) is 12.2 Å². The highest BCUT2D eigenvalue weighted by Crippen LogP contribution is 2.43. The maximum Gasteiger partial charge on any atom is 0.333 e. The Kier molecular flexibility index (Phi) is 3.82. The van der Waals surface area contributed by atoms with E-state index >= 15 is 0 Å². The molecule has 2 nitrogen and oxygen atoms in total. The second-order valence-corrected chi connectivity index (χ2v) is 5.65. The highest BCUT2D eigenvalue weighted by Gasteiger charge is 2.43. The number of carbonyl (C=O) groups excluding carboxylic acids is 1. The number of hydrogen-bond acceptors (Lipinski definition) is 2. The van der Waals surface area contributed by atoms with E-state index in [1.807, 2.05) is 0 Å². The normalized spacial score (nSPS) is 39.2. The fourth-order valence-electron chi connectivity index (χ4n) is 2.50. The van der Waals surface area contributed by atoms with Crippen molar-refractivity contribution in [1.29, 1.82) is 0 Å². The number of rotatable bonds is 2. The standard InChI is InChI=1S/C14H24O2/c1-9(2)13(15)16-14(6)8-7-10(3)11(4)12(14)5/h10-12H,1,7-8H2,2-6H3. The fourth-order valence-corrected chi connectivity index (χ4v) is 2.50. The summed E-state index contributed by atoms with van der Waals surface area (Å²) in [5.74, 6) is 1.46. The average molecular weight is 224 g/mol. The first kappa shape index (κ1) is 13.3. The van der Waals surface area contributed by atoms with Gasteiger partial charge in [-0.25, -0.2) is 4.79 Å². The first-order valence-corrected chi connectivity index (χ1v) is 6.17. The summed E-state index contributed by atoms with van der Waals surface area (Å²) < 4.78 is 5.63. The van der Waals surface area contributed by atoms with E-state index in [0.29, 0.717) is 23.3 Å². The molecule has 0 amide bonds. The van der Waals surface area contributed by atoms with Gasteiger partial charge in [0.15, 0.2) is 0 Å². The molecule has 1 aliphatic carbocycles. The van der Waals surface area contributed by atoms with Gasteiger partial charge in [0.05, 0.1) is 0 Å². The molecule has 0 aromatic heterocycles. The molecule has 16 heavy (non-hydrogen) atoms. The van der Waals surface area contributed by atoms with Gasteiger partial charge in [0.1, 0.15) is 5.60 Å². The third kappa shape index (κ3) is 2.47. The van der Waals surface area contributed by atoms with Crippen molar-refractivity contribution in [1.82, 2.24) is 0 Å². The lowest BCUT2D eigenvalue weighted by molar-refractivity contribution is -0.167. The van der Waals surface area contributed by atoms with Crippen LogP contribution in [0.1, 0.15) is 47.5 Å². The highest BCUT2D eigenvalue weighted by atomic mass is 16.6. The Morgan fingerprint density at radius 2 is 1.94 bits per heavy atom. The molecule has 0 spiro atoms. The van der Waals surface area contributed by atoms with E-state index in [2.05, 4.69) is 34.3 Å². The molecule has 92 valence electrons. The minimum absolute atomic E-state index is 0.254. The second-order valence-electron chi connectivity index (χ2n) is 5.65. The summed E-state index contributed by atoms with van der Waals surface area (Å²) in [7, 11) is 0. The Morgan fingerprint density at radius 3 is 2.44 bits per heavy atom. The molecule has 0 N–H and O–H groups in total. The Balaban J connectivity index is 2.77. The molecule has 0 aromatic carbocycles. The van der Waals surface area contributed by atoms with Crippen molar-refractivity contribution in [3.05, 3.63) is 12.2 Å². The van der Waals surface area contributed by atoms with Crippen molar-refractivity contribution in [2.24, 2.45) is 17.8 Å². The van der Waals surface area contributed by atoms with E-state index in [4.69, 9.17) is 4.74 Å². The number of ether oxygens (including phenoxy) is 1. The Hall–Kier alpha value is -0.790. The summed E-state index contributed by atoms with van der Waals surface area (Å²) in [6.45, 7) is 14.1. The van der Waals surface area contributed by atoms with Gasteiger partial charge >= 0.3 is 5.97 Å². The molecule has 2 heteroatoms. The SMILES string of the molecule is C=C(C)C(=O)OC1(C)CCC(C)C(C)C1C. The molecule has 1 fully saturated rings. The van der Waals surface area contributed by atoms with Gasteiger partial charge in [-0.1, -0.05) is 27.4 Å². The zero-order valence-corrected chi connectivity index (χ0v) is 11.2. The molecule has 0 heterocycles. The quantitative estimate of drug-likeness (QED) is 0.529. The van der Waals surface area contributed by atoms with Crippen LogP contribution in [0, 0.1) is 17.8 Å². The van der Waals surface area contributed by atoms with E-state index < -0.39 is 0 Å². The van der Waals surface area contributed by atoms with Crippen LogP contribution in [0.2, 0.25) is 0 Å². The third-order valence-electron chi connectivity index (χ3n) is 4.42. The van der Waals surface area contributed by atoms with E-state index in [1.165, 1.54) is 0 Å². The van der Waals surface area contributed by atoms with E-state index in [1.54, 1.807) is 6.92 Å². The van der Waals surface area contributed by atoms with Crippen LogP contribution in [0.4, 0.5) is 0 Å². The van der Waals surface area contributed by atoms with Crippen LogP contribution < -0.4 is 0 Å². The highest BCUT2D eigenvalue weighted by molar-refractivity contribution is 5.87. The van der Waals surface area contributed by atoms with Gasteiger partial charge in [-0.2, -0.15) is 0 Å². The number of carbonyl (C=O) groups is 1. The van der Waals surface area contributed by atoms with Crippen LogP contribution in [0.5, 0.6) is 0 Å². The summed E-state index contributed by atoms with van der Waals surface area (Å²) in [6.07, 6.45) is 2.09. The van der Waals surface area contributed by atoms with Gasteiger partial charge in [-0.3, -0.25) is 0 Å². The van der Waals surface area contributed by atoms with Gasteiger partial charge in [-0.15, -0.1) is 0 Å². The van der Waals surface area contributed by atoms with Crippen LogP contribution in [0.25, 0.3) is 0 Å². The Labute approximate surface area is 99.1 Å². The fraction of sp³-hybridized carbons (Fsp3) is 0.786. The Bertz CT molecular complexity index is 295. The largest absolute Gasteiger partial charge is 0.456 e. The molecule has 4 unspecified atom stereocenters. The molecule has 0 radical (unpaired) electrons. The van der Waals surface area contributed by atoms with Gasteiger partial charge in [-0.05, 0) is 44.4 Å². The zero-order chi connectivity index (χ0) is 12.5. The van der Waals surface area contributed by atoms with Gasteiger partial charge in [0.25, 0.3) is 0 Å². The lowest BCUT2D eigenvalue weighted by Gasteiger charge is -2.45. The summed E-state index contributed by atoms with van der Waals surface area (Å²) in [5.41, 5.74) is 0.168. The summed E-state index contributed by atoms with van der Waals surface area (Å²) in [6, 6.07) is 0. The zero-order valence-electron chi connectivity index (χ0n) is 11.2. The lowest BCUT2D eigenvalue weighted by Crippen LogP contribution is -2.46. The van der Waals surface area contributed by atoms with Crippen molar-refractivity contribution >= 4 is 5.97 Å². The topological polar surface area (TPSA) is 26.3 Å². The molecule has 0 aliphatic heterocycles. The van der Waals surface area contributed by atoms with Crippen molar-refractivity contribution < 1.29 is 9.53 Å². The first-order valence-electron chi connectivity index (χ1n) is 6.17. The van der Waals surface area contributed by atoms with Crippen molar-refractivity contribution in [3.63, 3.8) is 0 Å². The van der Waals surface area contributed by atoms with Crippen molar-refractivity contribution in [2.45, 2.75) is 53.1 Å². The number of hydrogen-bond donors (Lipinski definition) is 0. The molecule has 1 rings (SSSR count). The predicted molar refractivity (Wildman–Crippen MR) is 66.0 cm³/mol. The van der Waals surface area contributed by atoms with Crippen LogP contribution in [-0.4, -0.2) is 11.6 Å². The smallest absolute Gasteiger partial charge is 0.333 e. The molecule has 4 atom stereocenters. The second kappa shape index (κ2) is 4.60. The first-order chi connectivity index (χ1) is 7.28. The summed E-state index contributed by atoms with van der Waals surface area (Å²) in [5, 5.41) is 0. The van der Waals surface area contributed by atoms with Crippen LogP contribution >= 0.6 is 0 Å². The van der Waals surface area contributed by atoms with E-state index in [-0.39, 0.29) is 11.6 Å². The van der Waals surface area contributed by atoms with E-state index in [9.17, 15) is 4.79 Å². The van der Waals surface area contributed by atoms with Gasteiger partial charge in [0, 0.05) is 5.57 Å². The van der Waals surface area contributed by atoms with Gasteiger partial charge in [0.2, 0.25) is 0 Å². The molecule has 0 aromatic rings. The predicted octanol–water partition coefficient (Wildman–Crippen LogP) is 3.57. The maximum atomic E-state index is 11.6. The molecule has 0 bridgehead atoms. The minimum Gasteiger partial charge on any atom is -0.456 e. The van der Waals surface area contributed by atoms with Gasteiger partial charge < -0.3 is 4.74 Å². The Morgan fingerprint density at radius 1 is 1.38 bits per heavy atom. The summed E-state index contributed by atoms with van der Waals surface area (Å²) >= 11 is 0. The van der Waals surface area contributed by atoms with E-state index in [0.717, 1.165) is 12.8 Å².